The van der Waals surface area contributed by atoms with Crippen molar-refractivity contribution in [2.24, 2.45) is 0 Å². The fraction of sp³-hybridized carbons (Fsp3) is 0.214. The molecule has 2 aromatic carbocycles. The van der Waals surface area contributed by atoms with Gasteiger partial charge in [-0.3, -0.25) is 24.0 Å². The maximum Gasteiger partial charge on any atom is 0.247 e. The third-order valence-corrected chi connectivity index (χ3v) is 7.46. The third-order valence-electron chi connectivity index (χ3n) is 7.08. The van der Waals surface area contributed by atoms with Crippen LogP contribution in [-0.2, 0) is 16.1 Å². The minimum Gasteiger partial charge on any atom is -0.345 e. The first-order valence-corrected chi connectivity index (χ1v) is 13.1. The molecule has 0 saturated carbocycles. The molecule has 13 heteroatoms. The van der Waals surface area contributed by atoms with Gasteiger partial charge in [0.1, 0.15) is 29.8 Å². The van der Waals surface area contributed by atoms with Crippen molar-refractivity contribution in [1.29, 1.82) is 0 Å². The lowest BCUT2D eigenvalue weighted by molar-refractivity contribution is -0.137. The molecule has 0 radical (unpaired) electrons. The van der Waals surface area contributed by atoms with Gasteiger partial charge in [-0.05, 0) is 24.3 Å². The Labute approximate surface area is 236 Å². The maximum absolute atomic E-state index is 15.6. The van der Waals surface area contributed by atoms with Crippen molar-refractivity contribution in [3.8, 4) is 11.1 Å². The van der Waals surface area contributed by atoms with E-state index in [9.17, 15) is 18.8 Å². The Morgan fingerprint density at radius 1 is 1.10 bits per heavy atom. The van der Waals surface area contributed by atoms with Gasteiger partial charge in [0.05, 0.1) is 34.6 Å². The zero-order chi connectivity index (χ0) is 28.8. The Morgan fingerprint density at radius 3 is 2.73 bits per heavy atom. The van der Waals surface area contributed by atoms with Crippen molar-refractivity contribution in [2.75, 3.05) is 11.9 Å². The van der Waals surface area contributed by atoms with E-state index in [1.807, 2.05) is 0 Å². The van der Waals surface area contributed by atoms with E-state index in [4.69, 9.17) is 11.6 Å². The van der Waals surface area contributed by atoms with Gasteiger partial charge in [0.15, 0.2) is 17.3 Å². The molecule has 5 aromatic rings. The topological polar surface area (TPSA) is 126 Å². The Hall–Kier alpha value is -4.71. The second-order valence-electron chi connectivity index (χ2n) is 9.71. The van der Waals surface area contributed by atoms with Crippen LogP contribution in [0.2, 0.25) is 5.02 Å². The number of rotatable bonds is 6. The van der Waals surface area contributed by atoms with Gasteiger partial charge in [-0.2, -0.15) is 5.10 Å². The number of halogens is 3. The van der Waals surface area contributed by atoms with E-state index in [0.29, 0.717) is 27.6 Å². The number of anilines is 1. The molecule has 0 unspecified atom stereocenters. The van der Waals surface area contributed by atoms with Crippen molar-refractivity contribution < 1.29 is 23.2 Å². The van der Waals surface area contributed by atoms with Crippen LogP contribution in [0.25, 0.3) is 33.2 Å². The zero-order valence-corrected chi connectivity index (χ0v) is 22.3. The number of nitrogens with zero attached hydrogens (tertiary/aromatic N) is 5. The van der Waals surface area contributed by atoms with Gasteiger partial charge in [-0.15, -0.1) is 0 Å². The predicted molar refractivity (Wildman–Crippen MR) is 148 cm³/mol. The van der Waals surface area contributed by atoms with E-state index >= 15 is 4.39 Å². The van der Waals surface area contributed by atoms with Crippen LogP contribution >= 0.6 is 11.6 Å². The molecule has 1 aliphatic rings. The van der Waals surface area contributed by atoms with Crippen LogP contribution in [0.15, 0.2) is 55.0 Å². The number of nitrogens with one attached hydrogen (secondary N) is 2. The molecule has 4 heterocycles. The summed E-state index contributed by atoms with van der Waals surface area (Å²) in [5.74, 6) is -2.38. The number of benzene rings is 2. The van der Waals surface area contributed by atoms with Gasteiger partial charge >= 0.3 is 0 Å². The summed E-state index contributed by atoms with van der Waals surface area (Å²) in [6.45, 7) is 0.689. The summed E-state index contributed by atoms with van der Waals surface area (Å²) in [7, 11) is 0. The minimum atomic E-state index is -1.45. The summed E-state index contributed by atoms with van der Waals surface area (Å²) in [5, 5.41) is 6.98. The molecule has 0 aliphatic carbocycles. The highest BCUT2D eigenvalue weighted by Gasteiger charge is 2.40. The van der Waals surface area contributed by atoms with Gasteiger partial charge < -0.3 is 15.2 Å². The Kier molecular flexibility index (Phi) is 6.70. The largest absolute Gasteiger partial charge is 0.345 e. The molecule has 2 amide bonds. The number of imidazole rings is 1. The average molecular weight is 578 g/mol. The summed E-state index contributed by atoms with van der Waals surface area (Å²) >= 11 is 6.49. The lowest BCUT2D eigenvalue weighted by Crippen LogP contribution is -2.44. The highest BCUT2D eigenvalue weighted by atomic mass is 35.5. The smallest absolute Gasteiger partial charge is 0.247 e. The van der Waals surface area contributed by atoms with Gasteiger partial charge in [0, 0.05) is 30.7 Å². The molecular weight excluding hydrogens is 556 g/mol. The quantitative estimate of drug-likeness (QED) is 0.285. The van der Waals surface area contributed by atoms with Crippen LogP contribution in [0.5, 0.6) is 0 Å². The van der Waals surface area contributed by atoms with Crippen LogP contribution in [0.4, 0.5) is 14.5 Å². The Balaban J connectivity index is 1.24. The van der Waals surface area contributed by atoms with Crippen molar-refractivity contribution >= 4 is 57.0 Å². The summed E-state index contributed by atoms with van der Waals surface area (Å²) in [6.07, 6.45) is 1.29. The second kappa shape index (κ2) is 10.4. The van der Waals surface area contributed by atoms with Gasteiger partial charge in [0.2, 0.25) is 11.8 Å². The molecule has 2 atom stereocenters. The molecule has 208 valence electrons. The number of Topliss-reactive ketones (excluding diaryl/α,β-unsaturated/α-hetero) is 1. The molecule has 0 bridgehead atoms. The average Bonchev–Trinajstić information content (AvgIpc) is 3.68. The number of hydrogen-bond acceptors (Lipinski definition) is 6. The van der Waals surface area contributed by atoms with E-state index in [0.717, 1.165) is 4.90 Å². The number of fused-ring (bicyclic) bond motifs is 2. The number of aromatic nitrogens is 5. The van der Waals surface area contributed by atoms with Gasteiger partial charge in [-0.1, -0.05) is 29.8 Å². The number of hydrogen-bond donors (Lipinski definition) is 2. The molecule has 1 fully saturated rings. The van der Waals surface area contributed by atoms with Crippen molar-refractivity contribution in [3.05, 3.63) is 71.5 Å². The lowest BCUT2D eigenvalue weighted by atomic mass is 10.0. The van der Waals surface area contributed by atoms with Crippen molar-refractivity contribution in [1.82, 2.24) is 29.6 Å². The fourth-order valence-corrected chi connectivity index (χ4v) is 5.44. The molecule has 41 heavy (non-hydrogen) atoms. The van der Waals surface area contributed by atoms with Crippen molar-refractivity contribution in [3.63, 3.8) is 0 Å². The van der Waals surface area contributed by atoms with Crippen LogP contribution in [0, 0.1) is 5.82 Å². The second-order valence-corrected chi connectivity index (χ2v) is 10.1. The summed E-state index contributed by atoms with van der Waals surface area (Å²) in [4.78, 5) is 51.0. The molecule has 1 saturated heterocycles. The fourth-order valence-electron chi connectivity index (χ4n) is 5.13. The SMILES string of the molecule is CC(=O)c1nn(CC(=O)N2C[C@H](F)C[C@H]2C(=O)Nc2cccc(-c3ccc4[nH]cnc4c3Cl)c2F)c2cccnc12. The summed E-state index contributed by atoms with van der Waals surface area (Å²) < 4.78 is 31.5. The molecular formula is C28H22ClF2N7O3. The predicted octanol–water partition coefficient (Wildman–Crippen LogP) is 4.55. The minimum absolute atomic E-state index is 0.106. The molecule has 6 rings (SSSR count). The lowest BCUT2D eigenvalue weighted by Gasteiger charge is -2.24. The number of ketones is 1. The normalized spacial score (nSPS) is 16.9. The number of amides is 2. The molecule has 1 aliphatic heterocycles. The van der Waals surface area contributed by atoms with Crippen molar-refractivity contribution in [2.45, 2.75) is 32.1 Å². The highest BCUT2D eigenvalue weighted by Crippen LogP contribution is 2.36. The maximum atomic E-state index is 15.6. The molecule has 2 N–H and O–H groups in total. The zero-order valence-electron chi connectivity index (χ0n) is 21.6. The number of H-pyrrole nitrogens is 1. The monoisotopic (exact) mass is 577 g/mol. The van der Waals surface area contributed by atoms with Gasteiger partial charge in [0.25, 0.3) is 0 Å². The number of carbonyl (C=O) groups is 3. The van der Waals surface area contributed by atoms with E-state index in [2.05, 4.69) is 25.4 Å². The molecule has 0 spiro atoms. The molecule has 3 aromatic heterocycles. The first-order valence-electron chi connectivity index (χ1n) is 12.7. The highest BCUT2D eigenvalue weighted by molar-refractivity contribution is 6.37. The van der Waals surface area contributed by atoms with Crippen LogP contribution in [-0.4, -0.2) is 66.0 Å². The van der Waals surface area contributed by atoms with E-state index in [1.165, 1.54) is 36.3 Å². The standard InChI is InChI=1S/C28H22ClF2N7O3/c1-14(39)25-27-20(6-3-9-32-27)38(36-25)12-22(40)37-11-15(30)10-21(37)28(41)35-18-5-2-4-17(24(18)31)16-7-8-19-26(23(16)29)34-13-33-19/h2-9,13,15,21H,10-12H2,1H3,(H,33,34)(H,35,41)/t15-,21+/m1/s1. The van der Waals surface area contributed by atoms with E-state index < -0.39 is 29.8 Å². The summed E-state index contributed by atoms with van der Waals surface area (Å²) in [6, 6.07) is 9.92. The number of likely N-dealkylation sites (tertiary alicyclic amines) is 1. The van der Waals surface area contributed by atoms with E-state index in [-0.39, 0.29) is 47.3 Å². The number of pyridine rings is 1. The van der Waals surface area contributed by atoms with Crippen LogP contribution in [0.3, 0.4) is 0 Å². The number of carbonyl (C=O) groups excluding carboxylic acids is 3. The van der Waals surface area contributed by atoms with E-state index in [1.54, 1.807) is 30.3 Å². The summed E-state index contributed by atoms with van der Waals surface area (Å²) in [5.41, 5.74) is 2.44. The number of aromatic amines is 1. The van der Waals surface area contributed by atoms with Gasteiger partial charge in [-0.25, -0.2) is 13.8 Å². The third kappa shape index (κ3) is 4.69. The molecule has 10 nitrogen and oxygen atoms in total. The van der Waals surface area contributed by atoms with Crippen LogP contribution in [0.1, 0.15) is 23.8 Å². The number of alkyl halides is 1. The first-order chi connectivity index (χ1) is 19.7. The first kappa shape index (κ1) is 26.5. The Morgan fingerprint density at radius 2 is 1.93 bits per heavy atom. The van der Waals surface area contributed by atoms with Crippen LogP contribution < -0.4 is 5.32 Å². The Bertz CT molecular complexity index is 1850.